The number of amides is 2. The van der Waals surface area contributed by atoms with Gasteiger partial charge in [-0.2, -0.15) is 9.78 Å². The molecule has 1 aliphatic heterocycles. The van der Waals surface area contributed by atoms with Crippen LogP contribution in [0.2, 0.25) is 0 Å². The first-order chi connectivity index (χ1) is 21.6. The smallest absolute Gasteiger partial charge is 0.271 e. The van der Waals surface area contributed by atoms with Gasteiger partial charge in [-0.25, -0.2) is 18.7 Å². The minimum Gasteiger partial charge on any atom is -0.379 e. The first kappa shape index (κ1) is 31.5. The van der Waals surface area contributed by atoms with Gasteiger partial charge in [-0.05, 0) is 36.8 Å². The summed E-state index contributed by atoms with van der Waals surface area (Å²) in [6.07, 6.45) is 1.42. The molecule has 3 heterocycles. The molecule has 0 radical (unpaired) electrons. The van der Waals surface area contributed by atoms with Crippen LogP contribution >= 0.6 is 0 Å². The summed E-state index contributed by atoms with van der Waals surface area (Å²) < 4.78 is 34.5. The summed E-state index contributed by atoms with van der Waals surface area (Å²) in [5.41, 5.74) is 1.91. The highest BCUT2D eigenvalue weighted by molar-refractivity contribution is 6.04. The molecule has 0 atom stereocenters. The number of halogens is 2. The second-order valence-electron chi connectivity index (χ2n) is 10.6. The second-order valence-corrected chi connectivity index (χ2v) is 10.6. The van der Waals surface area contributed by atoms with E-state index in [1.165, 1.54) is 42.3 Å². The van der Waals surface area contributed by atoms with E-state index in [0.717, 1.165) is 45.3 Å². The molecule has 0 saturated carbocycles. The van der Waals surface area contributed by atoms with E-state index >= 15 is 0 Å². The van der Waals surface area contributed by atoms with Gasteiger partial charge in [0.2, 0.25) is 0 Å². The monoisotopic (exact) mass is 619 g/mol. The number of aromatic nitrogens is 4. The number of ether oxygens (including phenoxy) is 1. The molecule has 4 N–H and O–H groups in total. The van der Waals surface area contributed by atoms with Crippen molar-refractivity contribution in [2.24, 2.45) is 0 Å². The van der Waals surface area contributed by atoms with Crippen LogP contribution in [0.3, 0.4) is 0 Å². The normalized spacial score (nSPS) is 13.7. The highest BCUT2D eigenvalue weighted by Crippen LogP contribution is 2.29. The topological polar surface area (TPSA) is 138 Å². The van der Waals surface area contributed by atoms with Crippen molar-refractivity contribution in [3.8, 4) is 5.82 Å². The van der Waals surface area contributed by atoms with Crippen LogP contribution in [0.25, 0.3) is 5.82 Å². The first-order valence-electron chi connectivity index (χ1n) is 14.5. The molecule has 1 fully saturated rings. The quantitative estimate of drug-likeness (QED) is 0.195. The van der Waals surface area contributed by atoms with Crippen LogP contribution in [0.4, 0.5) is 31.8 Å². The molecule has 0 aliphatic carbocycles. The van der Waals surface area contributed by atoms with Gasteiger partial charge < -0.3 is 26.0 Å². The molecule has 4 aromatic rings. The van der Waals surface area contributed by atoms with E-state index in [1.807, 2.05) is 6.92 Å². The van der Waals surface area contributed by atoms with Gasteiger partial charge in [-0.1, -0.05) is 18.2 Å². The Morgan fingerprint density at radius 2 is 1.82 bits per heavy atom. The van der Waals surface area contributed by atoms with Crippen molar-refractivity contribution in [2.45, 2.75) is 19.8 Å². The number of rotatable bonds is 11. The van der Waals surface area contributed by atoms with Gasteiger partial charge in [0.15, 0.2) is 11.5 Å². The largest absolute Gasteiger partial charge is 0.379 e. The highest BCUT2D eigenvalue weighted by atomic mass is 19.3. The molecule has 12 nitrogen and oxygen atoms in total. The van der Waals surface area contributed by atoms with Crippen molar-refractivity contribution in [3.05, 3.63) is 83.3 Å². The maximum Gasteiger partial charge on any atom is 0.271 e. The van der Waals surface area contributed by atoms with Crippen molar-refractivity contribution in [1.29, 1.82) is 0 Å². The lowest BCUT2D eigenvalue weighted by atomic mass is 10.1. The summed E-state index contributed by atoms with van der Waals surface area (Å²) in [5.74, 6) is -2.52. The number of nitrogens with one attached hydrogen (secondary N) is 4. The summed E-state index contributed by atoms with van der Waals surface area (Å²) in [4.78, 5) is 36.5. The molecule has 5 rings (SSSR count). The fourth-order valence-electron chi connectivity index (χ4n) is 4.72. The maximum absolute atomic E-state index is 13.8. The third-order valence-electron chi connectivity index (χ3n) is 7.27. The highest BCUT2D eigenvalue weighted by Gasteiger charge is 2.25. The van der Waals surface area contributed by atoms with Crippen molar-refractivity contribution in [2.75, 3.05) is 62.4 Å². The van der Waals surface area contributed by atoms with Crippen LogP contribution in [-0.2, 0) is 10.7 Å². The van der Waals surface area contributed by atoms with Crippen molar-refractivity contribution in [3.63, 3.8) is 0 Å². The molecular formula is C31H35F2N9O3. The van der Waals surface area contributed by atoms with E-state index in [0.29, 0.717) is 35.4 Å². The number of hydrogen-bond acceptors (Lipinski definition) is 9. The minimum absolute atomic E-state index is 0.107. The number of carbonyl (C=O) groups excluding carboxylic acids is 2. The predicted molar refractivity (Wildman–Crippen MR) is 167 cm³/mol. The van der Waals surface area contributed by atoms with E-state index in [9.17, 15) is 18.4 Å². The average Bonchev–Trinajstić information content (AvgIpc) is 3.46. The zero-order valence-corrected chi connectivity index (χ0v) is 25.2. The van der Waals surface area contributed by atoms with E-state index in [4.69, 9.17) is 4.74 Å². The lowest BCUT2D eigenvalue weighted by molar-refractivity contribution is 0.0174. The Balaban J connectivity index is 1.36. The standard InChI is InChI=1S/C31H35F2N9O3/c1-20-7-8-23(38-29(43)21-5-4-6-22(15-21)31(2,32)33)16-24(20)39-28-17-25(30(44)34-3)40-42(28)27-18-26(36-19-37-27)35-9-10-41-11-13-45-14-12-41/h4-8,15-19,39H,9-14H2,1-3H3,(H,34,44)(H,38,43)(H,35,36,37). The fraction of sp³-hybridized carbons (Fsp3) is 0.323. The minimum atomic E-state index is -3.07. The lowest BCUT2D eigenvalue weighted by Gasteiger charge is -2.26. The number of aryl methyl sites for hydroxylation is 1. The van der Waals surface area contributed by atoms with Crippen LogP contribution in [0.1, 0.15) is 38.9 Å². The summed E-state index contributed by atoms with van der Waals surface area (Å²) in [7, 11) is 1.52. The van der Waals surface area contributed by atoms with E-state index in [1.54, 1.807) is 30.3 Å². The van der Waals surface area contributed by atoms with Gasteiger partial charge >= 0.3 is 0 Å². The van der Waals surface area contributed by atoms with Crippen LogP contribution in [0, 0.1) is 6.92 Å². The number of alkyl halides is 2. The summed E-state index contributed by atoms with van der Waals surface area (Å²) in [5, 5.41) is 16.4. The zero-order valence-electron chi connectivity index (χ0n) is 25.2. The van der Waals surface area contributed by atoms with E-state index in [2.05, 4.69) is 41.2 Å². The summed E-state index contributed by atoms with van der Waals surface area (Å²) in [6, 6.07) is 13.9. The number of carbonyl (C=O) groups is 2. The Labute approximate surface area is 259 Å². The molecule has 236 valence electrons. The number of hydrogen-bond donors (Lipinski definition) is 4. The molecule has 0 bridgehead atoms. The van der Waals surface area contributed by atoms with Crippen LogP contribution in [0.15, 0.2) is 60.9 Å². The SMILES string of the molecule is CNC(=O)c1cc(Nc2cc(NC(=O)c3cccc(C(C)(F)F)c3)ccc2C)n(-c2cc(NCCN3CCOCC3)ncn2)n1. The Hall–Kier alpha value is -4.95. The molecule has 0 unspecified atom stereocenters. The van der Waals surface area contributed by atoms with E-state index in [-0.39, 0.29) is 22.7 Å². The van der Waals surface area contributed by atoms with Gasteiger partial charge in [-0.15, -0.1) is 0 Å². The third-order valence-corrected chi connectivity index (χ3v) is 7.27. The number of anilines is 4. The van der Waals surface area contributed by atoms with Gasteiger partial charge in [0, 0.05) is 74.8 Å². The molecule has 2 aromatic carbocycles. The van der Waals surface area contributed by atoms with Crippen molar-refractivity contribution in [1.82, 2.24) is 30.0 Å². The van der Waals surface area contributed by atoms with Gasteiger partial charge in [0.05, 0.1) is 13.2 Å². The fourth-order valence-corrected chi connectivity index (χ4v) is 4.72. The number of nitrogens with zero attached hydrogens (tertiary/aromatic N) is 5. The second kappa shape index (κ2) is 13.8. The van der Waals surface area contributed by atoms with Crippen LogP contribution in [-0.4, -0.2) is 82.9 Å². The Morgan fingerprint density at radius 3 is 2.58 bits per heavy atom. The van der Waals surface area contributed by atoms with Crippen LogP contribution < -0.4 is 21.3 Å². The molecule has 45 heavy (non-hydrogen) atoms. The lowest BCUT2D eigenvalue weighted by Crippen LogP contribution is -2.39. The molecule has 1 saturated heterocycles. The van der Waals surface area contributed by atoms with Gasteiger partial charge in [0.25, 0.3) is 17.7 Å². The van der Waals surface area contributed by atoms with Crippen molar-refractivity contribution >= 4 is 34.8 Å². The Morgan fingerprint density at radius 1 is 1.02 bits per heavy atom. The maximum atomic E-state index is 13.8. The third kappa shape index (κ3) is 7.96. The molecule has 14 heteroatoms. The van der Waals surface area contributed by atoms with Gasteiger partial charge in [-0.3, -0.25) is 14.5 Å². The van der Waals surface area contributed by atoms with Gasteiger partial charge in [0.1, 0.15) is 18.0 Å². The van der Waals surface area contributed by atoms with E-state index < -0.39 is 11.8 Å². The molecule has 1 aliphatic rings. The van der Waals surface area contributed by atoms with Crippen LogP contribution in [0.5, 0.6) is 0 Å². The molecular weight excluding hydrogens is 584 g/mol. The number of morpholine rings is 1. The van der Waals surface area contributed by atoms with Crippen molar-refractivity contribution < 1.29 is 23.1 Å². The Kier molecular flexibility index (Phi) is 9.64. The Bertz CT molecular complexity index is 1670. The summed E-state index contributed by atoms with van der Waals surface area (Å²) >= 11 is 0. The molecule has 2 amide bonds. The summed E-state index contributed by atoms with van der Waals surface area (Å²) in [6.45, 7) is 7.39. The molecule has 0 spiro atoms. The zero-order chi connectivity index (χ0) is 32.0. The first-order valence-corrected chi connectivity index (χ1v) is 14.5. The average molecular weight is 620 g/mol. The number of benzene rings is 2. The predicted octanol–water partition coefficient (Wildman–Crippen LogP) is 4.18. The molecule has 2 aromatic heterocycles.